The van der Waals surface area contributed by atoms with Crippen LogP contribution < -0.4 is 15.5 Å². The first-order valence-corrected chi connectivity index (χ1v) is 11.5. The first kappa shape index (κ1) is 23.4. The summed E-state index contributed by atoms with van der Waals surface area (Å²) in [5.74, 6) is 0.293. The molecule has 2 aromatic carbocycles. The van der Waals surface area contributed by atoms with Crippen LogP contribution in [-0.4, -0.2) is 30.8 Å². The molecule has 0 aromatic heterocycles. The topological polar surface area (TPSA) is 53.6 Å². The van der Waals surface area contributed by atoms with Gasteiger partial charge in [-0.2, -0.15) is 0 Å². The van der Waals surface area contributed by atoms with E-state index in [1.807, 2.05) is 0 Å². The second kappa shape index (κ2) is 10.8. The van der Waals surface area contributed by atoms with Crippen LogP contribution in [0.1, 0.15) is 55.6 Å². The molecule has 0 unspecified atom stereocenters. The molecule has 1 heterocycles. The average Bonchev–Trinajstić information content (AvgIpc) is 2.75. The van der Waals surface area contributed by atoms with Crippen molar-refractivity contribution in [3.05, 3.63) is 58.6 Å². The molecular formula is C24H30ClN3O2S. The second-order valence-corrected chi connectivity index (χ2v) is 8.84. The van der Waals surface area contributed by atoms with E-state index < -0.39 is 5.97 Å². The summed E-state index contributed by atoms with van der Waals surface area (Å²) in [5.41, 5.74) is 3.41. The average molecular weight is 460 g/mol. The van der Waals surface area contributed by atoms with E-state index in [0.29, 0.717) is 28.0 Å². The van der Waals surface area contributed by atoms with Gasteiger partial charge < -0.3 is 20.3 Å². The third-order valence-electron chi connectivity index (χ3n) is 5.48. The van der Waals surface area contributed by atoms with Crippen molar-refractivity contribution >= 4 is 46.3 Å². The lowest BCUT2D eigenvalue weighted by Crippen LogP contribution is -2.34. The van der Waals surface area contributed by atoms with E-state index in [4.69, 9.17) is 28.6 Å². The highest BCUT2D eigenvalue weighted by Gasteiger charge is 2.17. The first-order chi connectivity index (χ1) is 14.9. The standard InChI is InChI=1S/C24H30ClN3O2S/c1-4-30-23(29)21-14-19(9-12-22(21)25)27-24(31)26-17(3)18-7-10-20(11-8-18)28-13-5-6-16(2)15-28/h7-12,14,16-17H,4-6,13,15H2,1-3H3,(H2,26,27,31)/t16-,17+/m1/s1. The van der Waals surface area contributed by atoms with Gasteiger partial charge in [0.25, 0.3) is 0 Å². The number of thiocarbonyl (C=S) groups is 1. The van der Waals surface area contributed by atoms with Crippen LogP contribution in [0.15, 0.2) is 42.5 Å². The highest BCUT2D eigenvalue weighted by molar-refractivity contribution is 7.80. The van der Waals surface area contributed by atoms with Gasteiger partial charge >= 0.3 is 5.97 Å². The summed E-state index contributed by atoms with van der Waals surface area (Å²) in [5, 5.41) is 7.24. The minimum Gasteiger partial charge on any atom is -0.462 e. The molecule has 1 aliphatic heterocycles. The molecule has 0 radical (unpaired) electrons. The SMILES string of the molecule is CCOC(=O)c1cc(NC(=S)N[C@@H](C)c2ccc(N3CCC[C@@H](C)C3)cc2)ccc1Cl. The molecule has 1 saturated heterocycles. The maximum atomic E-state index is 12.0. The molecule has 2 atom stereocenters. The number of carbonyl (C=O) groups excluding carboxylic acids is 1. The van der Waals surface area contributed by atoms with Gasteiger partial charge in [-0.05, 0) is 80.7 Å². The number of rotatable bonds is 6. The number of ether oxygens (including phenoxy) is 1. The summed E-state index contributed by atoms with van der Waals surface area (Å²) in [6.07, 6.45) is 2.57. The Kier molecular flexibility index (Phi) is 8.15. The number of nitrogens with one attached hydrogen (secondary N) is 2. The number of nitrogens with zero attached hydrogens (tertiary/aromatic N) is 1. The third-order valence-corrected chi connectivity index (χ3v) is 6.03. The van der Waals surface area contributed by atoms with Gasteiger partial charge in [0.2, 0.25) is 0 Å². The lowest BCUT2D eigenvalue weighted by Gasteiger charge is -2.33. The molecular weight excluding hydrogens is 430 g/mol. The lowest BCUT2D eigenvalue weighted by molar-refractivity contribution is 0.0526. The van der Waals surface area contributed by atoms with Crippen molar-refractivity contribution in [2.24, 2.45) is 5.92 Å². The van der Waals surface area contributed by atoms with Crippen LogP contribution in [0.5, 0.6) is 0 Å². The summed E-state index contributed by atoms with van der Waals surface area (Å²) in [6, 6.07) is 13.8. The fourth-order valence-electron chi connectivity index (χ4n) is 3.81. The normalized spacial score (nSPS) is 17.0. The fraction of sp³-hybridized carbons (Fsp3) is 0.417. The van der Waals surface area contributed by atoms with Crippen LogP contribution >= 0.6 is 23.8 Å². The van der Waals surface area contributed by atoms with Crippen LogP contribution in [-0.2, 0) is 4.74 Å². The summed E-state index contributed by atoms with van der Waals surface area (Å²) in [4.78, 5) is 14.5. The minimum absolute atomic E-state index is 0.0335. The van der Waals surface area contributed by atoms with Crippen molar-refractivity contribution in [1.82, 2.24) is 5.32 Å². The van der Waals surface area contributed by atoms with Crippen LogP contribution in [0.3, 0.4) is 0 Å². The number of halogens is 1. The first-order valence-electron chi connectivity index (χ1n) is 10.8. The molecule has 2 aromatic rings. The van der Waals surface area contributed by atoms with E-state index in [1.165, 1.54) is 18.5 Å². The zero-order valence-electron chi connectivity index (χ0n) is 18.3. The zero-order chi connectivity index (χ0) is 22.4. The number of benzene rings is 2. The molecule has 31 heavy (non-hydrogen) atoms. The predicted molar refractivity (Wildman–Crippen MR) is 132 cm³/mol. The molecule has 7 heteroatoms. The van der Waals surface area contributed by atoms with Crippen molar-refractivity contribution in [2.45, 2.75) is 39.7 Å². The van der Waals surface area contributed by atoms with Crippen LogP contribution in [0.25, 0.3) is 0 Å². The highest BCUT2D eigenvalue weighted by atomic mass is 35.5. The molecule has 2 N–H and O–H groups in total. The predicted octanol–water partition coefficient (Wildman–Crippen LogP) is 5.80. The van der Waals surface area contributed by atoms with Crippen molar-refractivity contribution in [3.8, 4) is 0 Å². The van der Waals surface area contributed by atoms with E-state index >= 15 is 0 Å². The largest absolute Gasteiger partial charge is 0.462 e. The van der Waals surface area contributed by atoms with Crippen molar-refractivity contribution in [3.63, 3.8) is 0 Å². The van der Waals surface area contributed by atoms with E-state index in [1.54, 1.807) is 25.1 Å². The molecule has 0 bridgehead atoms. The molecule has 0 amide bonds. The maximum Gasteiger partial charge on any atom is 0.339 e. The van der Waals surface area contributed by atoms with Gasteiger partial charge in [0.05, 0.1) is 23.2 Å². The summed E-state index contributed by atoms with van der Waals surface area (Å²) in [6.45, 7) is 8.68. The van der Waals surface area contributed by atoms with Gasteiger partial charge in [-0.1, -0.05) is 30.7 Å². The van der Waals surface area contributed by atoms with Crippen molar-refractivity contribution in [1.29, 1.82) is 0 Å². The van der Waals surface area contributed by atoms with Gasteiger partial charge in [0.15, 0.2) is 5.11 Å². The van der Waals surface area contributed by atoms with Gasteiger partial charge in [-0.3, -0.25) is 0 Å². The van der Waals surface area contributed by atoms with Crippen molar-refractivity contribution < 1.29 is 9.53 Å². The number of esters is 1. The smallest absolute Gasteiger partial charge is 0.339 e. The molecule has 5 nitrogen and oxygen atoms in total. The zero-order valence-corrected chi connectivity index (χ0v) is 19.9. The molecule has 3 rings (SSSR count). The minimum atomic E-state index is -0.452. The Morgan fingerprint density at radius 3 is 2.71 bits per heavy atom. The fourth-order valence-corrected chi connectivity index (χ4v) is 4.30. The van der Waals surface area contributed by atoms with Crippen LogP contribution in [0, 0.1) is 5.92 Å². The number of hydrogen-bond donors (Lipinski definition) is 2. The quantitative estimate of drug-likeness (QED) is 0.420. The molecule has 0 spiro atoms. The van der Waals surface area contributed by atoms with E-state index in [2.05, 4.69) is 53.6 Å². The van der Waals surface area contributed by atoms with Crippen LogP contribution in [0.2, 0.25) is 5.02 Å². The van der Waals surface area contributed by atoms with E-state index in [0.717, 1.165) is 24.6 Å². The Morgan fingerprint density at radius 2 is 2.03 bits per heavy atom. The maximum absolute atomic E-state index is 12.0. The number of piperidine rings is 1. The Balaban J connectivity index is 1.59. The van der Waals surface area contributed by atoms with Gasteiger partial charge in [0, 0.05) is 24.5 Å². The highest BCUT2D eigenvalue weighted by Crippen LogP contribution is 2.25. The van der Waals surface area contributed by atoms with E-state index in [9.17, 15) is 4.79 Å². The van der Waals surface area contributed by atoms with Gasteiger partial charge in [-0.25, -0.2) is 4.79 Å². The molecule has 0 aliphatic carbocycles. The molecule has 0 saturated carbocycles. The van der Waals surface area contributed by atoms with Gasteiger partial charge in [-0.15, -0.1) is 0 Å². The number of anilines is 2. The monoisotopic (exact) mass is 459 g/mol. The third kappa shape index (κ3) is 6.34. The molecule has 1 fully saturated rings. The Morgan fingerprint density at radius 1 is 1.29 bits per heavy atom. The van der Waals surface area contributed by atoms with Gasteiger partial charge in [0.1, 0.15) is 0 Å². The summed E-state index contributed by atoms with van der Waals surface area (Å²) < 4.78 is 5.05. The second-order valence-electron chi connectivity index (χ2n) is 8.02. The Hall–Kier alpha value is -2.31. The summed E-state index contributed by atoms with van der Waals surface area (Å²) >= 11 is 11.6. The molecule has 1 aliphatic rings. The Labute approximate surface area is 195 Å². The number of carbonyl (C=O) groups is 1. The van der Waals surface area contributed by atoms with Crippen molar-refractivity contribution in [2.75, 3.05) is 29.9 Å². The van der Waals surface area contributed by atoms with Crippen LogP contribution in [0.4, 0.5) is 11.4 Å². The van der Waals surface area contributed by atoms with E-state index in [-0.39, 0.29) is 6.04 Å². The molecule has 166 valence electrons. The summed E-state index contributed by atoms with van der Waals surface area (Å²) in [7, 11) is 0. The Bertz CT molecular complexity index is 920. The number of hydrogen-bond acceptors (Lipinski definition) is 4. The lowest BCUT2D eigenvalue weighted by atomic mass is 9.99.